The molecule has 0 unspecified atom stereocenters. The number of benzene rings is 1. The molecule has 2 rings (SSSR count). The Morgan fingerprint density at radius 1 is 1.50 bits per heavy atom. The van der Waals surface area contributed by atoms with E-state index in [0.717, 1.165) is 16.6 Å². The minimum Gasteiger partial charge on any atom is -0.466 e. The highest BCUT2D eigenvalue weighted by atomic mass is 16.5. The summed E-state index contributed by atoms with van der Waals surface area (Å²) in [6.07, 6.45) is 0.196. The van der Waals surface area contributed by atoms with Crippen molar-refractivity contribution in [3.63, 3.8) is 0 Å². The van der Waals surface area contributed by atoms with E-state index in [-0.39, 0.29) is 12.4 Å². The van der Waals surface area contributed by atoms with Crippen LogP contribution in [-0.4, -0.2) is 22.5 Å². The predicted octanol–water partition coefficient (Wildman–Crippen LogP) is 1.98. The average molecular weight is 218 g/mol. The number of aromatic nitrogens is 2. The molecule has 1 aromatic carbocycles. The van der Waals surface area contributed by atoms with Crippen LogP contribution in [0.15, 0.2) is 18.2 Å². The van der Waals surface area contributed by atoms with Crippen molar-refractivity contribution in [1.29, 1.82) is 0 Å². The maximum absolute atomic E-state index is 11.3. The molecule has 0 amide bonds. The smallest absolute Gasteiger partial charge is 0.313 e. The lowest BCUT2D eigenvalue weighted by atomic mass is 10.2. The van der Waals surface area contributed by atoms with Crippen molar-refractivity contribution >= 4 is 17.0 Å². The Morgan fingerprint density at radius 3 is 3.00 bits per heavy atom. The van der Waals surface area contributed by atoms with Gasteiger partial charge in [0.1, 0.15) is 12.2 Å². The number of carbonyl (C=O) groups is 1. The molecule has 0 saturated carbocycles. The first kappa shape index (κ1) is 10.7. The van der Waals surface area contributed by atoms with E-state index >= 15 is 0 Å². The van der Waals surface area contributed by atoms with Crippen molar-refractivity contribution in [2.75, 3.05) is 6.61 Å². The molecule has 0 atom stereocenters. The number of para-hydroxylation sites is 1. The van der Waals surface area contributed by atoms with Crippen molar-refractivity contribution in [2.24, 2.45) is 0 Å². The van der Waals surface area contributed by atoms with Gasteiger partial charge in [0, 0.05) is 0 Å². The molecule has 0 saturated heterocycles. The minimum absolute atomic E-state index is 0.196. The van der Waals surface area contributed by atoms with Gasteiger partial charge in [-0.25, -0.2) is 4.98 Å². The molecule has 1 aromatic heterocycles. The normalized spacial score (nSPS) is 10.6. The largest absolute Gasteiger partial charge is 0.466 e. The fourth-order valence-corrected chi connectivity index (χ4v) is 1.66. The lowest BCUT2D eigenvalue weighted by Crippen LogP contribution is -2.08. The summed E-state index contributed by atoms with van der Waals surface area (Å²) in [6, 6.07) is 5.91. The van der Waals surface area contributed by atoms with Crippen molar-refractivity contribution in [2.45, 2.75) is 20.3 Å². The number of fused-ring (bicyclic) bond motifs is 1. The second-order valence-electron chi connectivity index (χ2n) is 3.64. The lowest BCUT2D eigenvalue weighted by molar-refractivity contribution is -0.142. The summed E-state index contributed by atoms with van der Waals surface area (Å²) in [5.74, 6) is 0.405. The zero-order valence-electron chi connectivity index (χ0n) is 9.41. The third-order valence-corrected chi connectivity index (χ3v) is 2.38. The highest BCUT2D eigenvalue weighted by Gasteiger charge is 2.09. The summed E-state index contributed by atoms with van der Waals surface area (Å²) >= 11 is 0. The molecular formula is C12H14N2O2. The maximum Gasteiger partial charge on any atom is 0.313 e. The molecule has 0 spiro atoms. The van der Waals surface area contributed by atoms with Crippen LogP contribution in [0, 0.1) is 6.92 Å². The number of H-pyrrole nitrogens is 1. The standard InChI is InChI=1S/C12H14N2O2/c1-3-16-11(15)7-10-13-9-6-4-5-8(2)12(9)14-10/h4-6H,3,7H2,1-2H3,(H,13,14). The van der Waals surface area contributed by atoms with Gasteiger partial charge in [-0.05, 0) is 25.5 Å². The van der Waals surface area contributed by atoms with Gasteiger partial charge in [0.05, 0.1) is 17.6 Å². The van der Waals surface area contributed by atoms with Gasteiger partial charge >= 0.3 is 5.97 Å². The predicted molar refractivity (Wildman–Crippen MR) is 61.2 cm³/mol. The number of hydrogen-bond acceptors (Lipinski definition) is 3. The summed E-state index contributed by atoms with van der Waals surface area (Å²) in [5.41, 5.74) is 2.98. The van der Waals surface area contributed by atoms with E-state index in [1.165, 1.54) is 0 Å². The number of nitrogens with one attached hydrogen (secondary N) is 1. The van der Waals surface area contributed by atoms with Gasteiger partial charge in [-0.3, -0.25) is 4.79 Å². The van der Waals surface area contributed by atoms with Crippen LogP contribution in [0.3, 0.4) is 0 Å². The van der Waals surface area contributed by atoms with E-state index in [9.17, 15) is 4.79 Å². The third kappa shape index (κ3) is 2.05. The number of imidazole rings is 1. The average Bonchev–Trinajstić information content (AvgIpc) is 2.62. The molecular weight excluding hydrogens is 204 g/mol. The van der Waals surface area contributed by atoms with E-state index in [1.807, 2.05) is 25.1 Å². The molecule has 0 aliphatic carbocycles. The molecule has 0 aliphatic rings. The quantitative estimate of drug-likeness (QED) is 0.801. The highest BCUT2D eigenvalue weighted by molar-refractivity contribution is 5.80. The van der Waals surface area contributed by atoms with Crippen LogP contribution in [0.1, 0.15) is 18.3 Å². The van der Waals surface area contributed by atoms with Crippen LogP contribution in [0.4, 0.5) is 0 Å². The maximum atomic E-state index is 11.3. The second-order valence-corrected chi connectivity index (χ2v) is 3.64. The van der Waals surface area contributed by atoms with Gasteiger partial charge in [0.25, 0.3) is 0 Å². The Bertz CT molecular complexity index is 517. The summed E-state index contributed by atoms with van der Waals surface area (Å²) in [5, 5.41) is 0. The number of nitrogens with zero attached hydrogens (tertiary/aromatic N) is 1. The Morgan fingerprint density at radius 2 is 2.31 bits per heavy atom. The Balaban J connectivity index is 2.26. The van der Waals surface area contributed by atoms with E-state index in [2.05, 4.69) is 9.97 Å². The zero-order valence-corrected chi connectivity index (χ0v) is 9.41. The van der Waals surface area contributed by atoms with Crippen LogP contribution in [0.5, 0.6) is 0 Å². The Labute approximate surface area is 93.6 Å². The number of esters is 1. The molecule has 1 heterocycles. The molecule has 2 aromatic rings. The molecule has 4 nitrogen and oxygen atoms in total. The first-order valence-electron chi connectivity index (χ1n) is 5.30. The van der Waals surface area contributed by atoms with Gasteiger partial charge in [0.15, 0.2) is 0 Å². The molecule has 1 N–H and O–H groups in total. The Hall–Kier alpha value is -1.84. The molecule has 16 heavy (non-hydrogen) atoms. The summed E-state index contributed by atoms with van der Waals surface area (Å²) in [4.78, 5) is 18.8. The fraction of sp³-hybridized carbons (Fsp3) is 0.333. The van der Waals surface area contributed by atoms with Crippen molar-refractivity contribution < 1.29 is 9.53 Å². The van der Waals surface area contributed by atoms with Crippen molar-refractivity contribution in [1.82, 2.24) is 9.97 Å². The van der Waals surface area contributed by atoms with Crippen LogP contribution in [-0.2, 0) is 16.0 Å². The van der Waals surface area contributed by atoms with Gasteiger partial charge in [-0.15, -0.1) is 0 Å². The number of ether oxygens (including phenoxy) is 1. The lowest BCUT2D eigenvalue weighted by Gasteiger charge is -1.97. The summed E-state index contributed by atoms with van der Waals surface area (Å²) < 4.78 is 4.87. The summed E-state index contributed by atoms with van der Waals surface area (Å²) in [6.45, 7) is 4.19. The fourth-order valence-electron chi connectivity index (χ4n) is 1.66. The number of aromatic amines is 1. The molecule has 0 bridgehead atoms. The van der Waals surface area contributed by atoms with E-state index < -0.39 is 0 Å². The number of carbonyl (C=O) groups excluding carboxylic acids is 1. The zero-order chi connectivity index (χ0) is 11.5. The Kier molecular flexibility index (Phi) is 2.90. The van der Waals surface area contributed by atoms with Crippen LogP contribution in [0.2, 0.25) is 0 Å². The highest BCUT2D eigenvalue weighted by Crippen LogP contribution is 2.15. The molecule has 4 heteroatoms. The van der Waals surface area contributed by atoms with Gasteiger partial charge in [-0.2, -0.15) is 0 Å². The van der Waals surface area contributed by atoms with Crippen molar-refractivity contribution in [3.05, 3.63) is 29.6 Å². The first-order chi connectivity index (χ1) is 7.70. The SMILES string of the molecule is CCOC(=O)Cc1nc2c(C)cccc2[nH]1. The molecule has 0 aliphatic heterocycles. The van der Waals surface area contributed by atoms with E-state index in [4.69, 9.17) is 4.74 Å². The number of aryl methyl sites for hydroxylation is 1. The minimum atomic E-state index is -0.251. The van der Waals surface area contributed by atoms with Crippen LogP contribution in [0.25, 0.3) is 11.0 Å². The monoisotopic (exact) mass is 218 g/mol. The molecule has 0 radical (unpaired) electrons. The molecule has 84 valence electrons. The van der Waals surface area contributed by atoms with Crippen molar-refractivity contribution in [3.8, 4) is 0 Å². The number of rotatable bonds is 3. The second kappa shape index (κ2) is 4.35. The van der Waals surface area contributed by atoms with Gasteiger partial charge in [0.2, 0.25) is 0 Å². The van der Waals surface area contributed by atoms with Crippen LogP contribution < -0.4 is 0 Å². The van der Waals surface area contributed by atoms with Crippen LogP contribution >= 0.6 is 0 Å². The third-order valence-electron chi connectivity index (χ3n) is 2.38. The molecule has 0 fully saturated rings. The summed E-state index contributed by atoms with van der Waals surface area (Å²) in [7, 11) is 0. The topological polar surface area (TPSA) is 55.0 Å². The van der Waals surface area contributed by atoms with Gasteiger partial charge in [-0.1, -0.05) is 12.1 Å². The van der Waals surface area contributed by atoms with Gasteiger partial charge < -0.3 is 9.72 Å². The first-order valence-corrected chi connectivity index (χ1v) is 5.30. The van der Waals surface area contributed by atoms with E-state index in [1.54, 1.807) is 6.92 Å². The van der Waals surface area contributed by atoms with E-state index in [0.29, 0.717) is 12.4 Å². The number of hydrogen-bond donors (Lipinski definition) is 1.